The lowest BCUT2D eigenvalue weighted by Crippen LogP contribution is -2.34. The van der Waals surface area contributed by atoms with Gasteiger partial charge in [-0.2, -0.15) is 0 Å². The Morgan fingerprint density at radius 1 is 1.05 bits per heavy atom. The van der Waals surface area contributed by atoms with Crippen LogP contribution in [0.3, 0.4) is 0 Å². The van der Waals surface area contributed by atoms with Crippen LogP contribution in [0.1, 0.15) is 11.6 Å². The number of hydrogen-bond donors (Lipinski definition) is 1. The van der Waals surface area contributed by atoms with Crippen LogP contribution in [0.2, 0.25) is 0 Å². The highest BCUT2D eigenvalue weighted by molar-refractivity contribution is 9.10. The number of nitrogens with one attached hydrogen (secondary N) is 1. The molecule has 2 aromatic carbocycles. The Bertz CT molecular complexity index is 701. The summed E-state index contributed by atoms with van der Waals surface area (Å²) in [6.07, 6.45) is 0. The van der Waals surface area contributed by atoms with Crippen LogP contribution in [0.15, 0.2) is 64.0 Å². The van der Waals surface area contributed by atoms with E-state index in [1.807, 2.05) is 49.3 Å². The van der Waals surface area contributed by atoms with Gasteiger partial charge in [0.2, 0.25) is 10.0 Å². The summed E-state index contributed by atoms with van der Waals surface area (Å²) in [5.41, 5.74) is 1.08. The van der Waals surface area contributed by atoms with Gasteiger partial charge in [-0.3, -0.25) is 0 Å². The summed E-state index contributed by atoms with van der Waals surface area (Å²) in [4.78, 5) is 2.26. The summed E-state index contributed by atoms with van der Waals surface area (Å²) < 4.78 is 28.3. The normalized spacial score (nSPS) is 13.3. The Kier molecular flexibility index (Phi) is 5.74. The predicted molar refractivity (Wildman–Crippen MR) is 92.2 cm³/mol. The first-order chi connectivity index (χ1) is 10.4. The van der Waals surface area contributed by atoms with Crippen LogP contribution < -0.4 is 4.72 Å². The summed E-state index contributed by atoms with van der Waals surface area (Å²) in [6, 6.07) is 16.4. The van der Waals surface area contributed by atoms with Crippen molar-refractivity contribution in [1.29, 1.82) is 0 Å². The zero-order valence-electron chi connectivity index (χ0n) is 12.5. The second kappa shape index (κ2) is 7.37. The van der Waals surface area contributed by atoms with Crippen molar-refractivity contribution >= 4 is 26.0 Å². The summed E-state index contributed by atoms with van der Waals surface area (Å²) >= 11 is 3.30. The van der Waals surface area contributed by atoms with Gasteiger partial charge in [0.1, 0.15) is 0 Å². The van der Waals surface area contributed by atoms with Gasteiger partial charge in [-0.15, -0.1) is 0 Å². The number of nitrogens with zero attached hydrogens (tertiary/aromatic N) is 1. The minimum Gasteiger partial charge on any atom is -0.301 e. The van der Waals surface area contributed by atoms with E-state index in [4.69, 9.17) is 0 Å². The van der Waals surface area contributed by atoms with E-state index in [1.165, 1.54) is 0 Å². The molecule has 0 unspecified atom stereocenters. The fourth-order valence-electron chi connectivity index (χ4n) is 2.16. The Labute approximate surface area is 140 Å². The lowest BCUT2D eigenvalue weighted by molar-refractivity contribution is 0.299. The molecule has 4 nitrogen and oxygen atoms in total. The summed E-state index contributed by atoms with van der Waals surface area (Å²) in [5.74, 6) is 0. The van der Waals surface area contributed by atoms with Crippen molar-refractivity contribution in [3.63, 3.8) is 0 Å². The number of likely N-dealkylation sites (N-methyl/N-ethyl adjacent to an activating group) is 1. The van der Waals surface area contributed by atoms with E-state index in [2.05, 4.69) is 20.7 Å². The van der Waals surface area contributed by atoms with Gasteiger partial charge in [0.05, 0.1) is 4.90 Å². The van der Waals surface area contributed by atoms with Crippen molar-refractivity contribution < 1.29 is 8.42 Å². The fourth-order valence-corrected chi connectivity index (χ4v) is 3.46. The molecule has 0 heterocycles. The van der Waals surface area contributed by atoms with Crippen LogP contribution in [-0.4, -0.2) is 34.0 Å². The molecule has 0 aromatic heterocycles. The average Bonchev–Trinajstić information content (AvgIpc) is 2.48. The molecule has 0 bridgehead atoms. The van der Waals surface area contributed by atoms with Crippen molar-refractivity contribution in [2.45, 2.75) is 10.9 Å². The van der Waals surface area contributed by atoms with Crippen LogP contribution in [0, 0.1) is 0 Å². The Morgan fingerprint density at radius 3 is 2.18 bits per heavy atom. The average molecular weight is 383 g/mol. The highest BCUT2D eigenvalue weighted by atomic mass is 79.9. The molecule has 0 aliphatic carbocycles. The van der Waals surface area contributed by atoms with E-state index >= 15 is 0 Å². The lowest BCUT2D eigenvalue weighted by Gasteiger charge is -2.25. The van der Waals surface area contributed by atoms with Crippen LogP contribution in [0.25, 0.3) is 0 Å². The quantitative estimate of drug-likeness (QED) is 0.834. The summed E-state index contributed by atoms with van der Waals surface area (Å²) in [5, 5.41) is 0. The molecule has 2 aromatic rings. The molecule has 0 aliphatic heterocycles. The second-order valence-corrected chi connectivity index (χ2v) is 7.88. The summed E-state index contributed by atoms with van der Waals surface area (Å²) in [7, 11) is 0.361. The van der Waals surface area contributed by atoms with Crippen molar-refractivity contribution in [3.05, 3.63) is 64.6 Å². The van der Waals surface area contributed by atoms with E-state index in [0.29, 0.717) is 6.54 Å². The van der Waals surface area contributed by atoms with Crippen molar-refractivity contribution in [3.8, 4) is 0 Å². The first kappa shape index (κ1) is 17.1. The monoisotopic (exact) mass is 382 g/mol. The smallest absolute Gasteiger partial charge is 0.240 e. The molecule has 6 heteroatoms. The van der Waals surface area contributed by atoms with Gasteiger partial charge in [0.25, 0.3) is 0 Å². The first-order valence-electron chi connectivity index (χ1n) is 6.87. The van der Waals surface area contributed by atoms with E-state index in [1.54, 1.807) is 24.3 Å². The maximum absolute atomic E-state index is 12.4. The van der Waals surface area contributed by atoms with Crippen LogP contribution in [0.5, 0.6) is 0 Å². The molecule has 0 saturated carbocycles. The topological polar surface area (TPSA) is 49.4 Å². The third-order valence-electron chi connectivity index (χ3n) is 3.40. The molecule has 0 radical (unpaired) electrons. The van der Waals surface area contributed by atoms with E-state index in [-0.39, 0.29) is 10.9 Å². The van der Waals surface area contributed by atoms with Gasteiger partial charge < -0.3 is 4.90 Å². The number of rotatable bonds is 6. The molecule has 0 amide bonds. The van der Waals surface area contributed by atoms with Crippen LogP contribution >= 0.6 is 15.9 Å². The number of sulfonamides is 1. The third kappa shape index (κ3) is 4.39. The predicted octanol–water partition coefficient (Wildman–Crippen LogP) is 3.03. The maximum Gasteiger partial charge on any atom is 0.240 e. The van der Waals surface area contributed by atoms with E-state index < -0.39 is 10.0 Å². The van der Waals surface area contributed by atoms with Gasteiger partial charge in [0.15, 0.2) is 0 Å². The summed E-state index contributed by atoms with van der Waals surface area (Å²) in [6.45, 7) is 0.315. The Hall–Kier alpha value is -1.21. The molecule has 22 heavy (non-hydrogen) atoms. The third-order valence-corrected chi connectivity index (χ3v) is 5.37. The Morgan fingerprint density at radius 2 is 1.64 bits per heavy atom. The first-order valence-corrected chi connectivity index (χ1v) is 9.14. The molecule has 0 fully saturated rings. The van der Waals surface area contributed by atoms with Gasteiger partial charge >= 0.3 is 0 Å². The molecular weight excluding hydrogens is 364 g/mol. The molecule has 0 aliphatic rings. The molecule has 118 valence electrons. The molecular formula is C16H19BrN2O2S. The molecule has 2 rings (SSSR count). The van der Waals surface area contributed by atoms with Crippen LogP contribution in [-0.2, 0) is 10.0 Å². The fraction of sp³-hybridized carbons (Fsp3) is 0.250. The molecule has 0 spiro atoms. The number of hydrogen-bond acceptors (Lipinski definition) is 3. The number of benzene rings is 2. The van der Waals surface area contributed by atoms with Crippen molar-refractivity contribution in [1.82, 2.24) is 9.62 Å². The largest absolute Gasteiger partial charge is 0.301 e. The highest BCUT2D eigenvalue weighted by Gasteiger charge is 2.19. The minimum absolute atomic E-state index is 0.0218. The second-order valence-electron chi connectivity index (χ2n) is 5.20. The Balaban J connectivity index is 2.14. The van der Waals surface area contributed by atoms with Gasteiger partial charge in [-0.25, -0.2) is 13.1 Å². The van der Waals surface area contributed by atoms with E-state index in [9.17, 15) is 8.42 Å². The van der Waals surface area contributed by atoms with Crippen molar-refractivity contribution in [2.75, 3.05) is 20.6 Å². The zero-order valence-corrected chi connectivity index (χ0v) is 14.9. The number of halogens is 1. The molecule has 1 N–H and O–H groups in total. The SMILES string of the molecule is CN(C)[C@H](CNS(=O)(=O)c1ccc(Br)cc1)c1ccccc1. The van der Waals surface area contributed by atoms with Gasteiger partial charge in [-0.05, 0) is 43.9 Å². The maximum atomic E-state index is 12.4. The van der Waals surface area contributed by atoms with Gasteiger partial charge in [-0.1, -0.05) is 46.3 Å². The minimum atomic E-state index is -3.51. The zero-order chi connectivity index (χ0) is 16.2. The molecule has 0 saturated heterocycles. The lowest BCUT2D eigenvalue weighted by atomic mass is 10.1. The van der Waals surface area contributed by atoms with Crippen molar-refractivity contribution in [2.24, 2.45) is 0 Å². The highest BCUT2D eigenvalue weighted by Crippen LogP contribution is 2.19. The van der Waals surface area contributed by atoms with E-state index in [0.717, 1.165) is 10.0 Å². The molecule has 1 atom stereocenters. The standard InChI is InChI=1S/C16H19BrN2O2S/c1-19(2)16(13-6-4-3-5-7-13)12-18-22(20,21)15-10-8-14(17)9-11-15/h3-11,16,18H,12H2,1-2H3/t16-/m1/s1. The van der Waals surface area contributed by atoms with Crippen LogP contribution in [0.4, 0.5) is 0 Å². The van der Waals surface area contributed by atoms with Gasteiger partial charge in [0, 0.05) is 17.1 Å².